The molecule has 1 fully saturated rings. The number of fused-ring (bicyclic) bond motifs is 1. The van der Waals surface area contributed by atoms with Crippen molar-refractivity contribution in [2.75, 3.05) is 18.8 Å². The topological polar surface area (TPSA) is 110 Å². The van der Waals surface area contributed by atoms with Gasteiger partial charge in [-0.25, -0.2) is 9.97 Å². The molecular formula is C25H26N6O2S. The van der Waals surface area contributed by atoms with Crippen molar-refractivity contribution in [2.24, 2.45) is 0 Å². The summed E-state index contributed by atoms with van der Waals surface area (Å²) < 4.78 is 5.79. The molecule has 0 bridgehead atoms. The number of piperidine rings is 1. The SMILES string of the molecule is Nc1ncnc2n[nH]c(-c3ccc(Oc4ccccc4)cc3)c12.O=C(CC=S)N1CCCCC1. The minimum atomic E-state index is 0.194. The third-order valence-corrected chi connectivity index (χ3v) is 5.64. The van der Waals surface area contributed by atoms with Gasteiger partial charge in [0.2, 0.25) is 5.91 Å². The highest BCUT2D eigenvalue weighted by atomic mass is 32.1. The molecule has 1 amide bonds. The van der Waals surface area contributed by atoms with Gasteiger partial charge in [0.15, 0.2) is 5.65 Å². The third kappa shape index (κ3) is 5.74. The van der Waals surface area contributed by atoms with Gasteiger partial charge in [-0.1, -0.05) is 30.4 Å². The summed E-state index contributed by atoms with van der Waals surface area (Å²) in [5.41, 5.74) is 8.22. The molecule has 2 aromatic carbocycles. The first-order valence-corrected chi connectivity index (χ1v) is 11.6. The number of para-hydroxylation sites is 1. The normalized spacial score (nSPS) is 13.1. The number of aromatic nitrogens is 4. The van der Waals surface area contributed by atoms with Gasteiger partial charge >= 0.3 is 0 Å². The Labute approximate surface area is 203 Å². The number of hydrogen-bond donors (Lipinski definition) is 2. The largest absolute Gasteiger partial charge is 0.457 e. The molecule has 1 aliphatic rings. The van der Waals surface area contributed by atoms with Gasteiger partial charge in [-0.05, 0) is 61.0 Å². The molecular weight excluding hydrogens is 448 g/mol. The quantitative estimate of drug-likeness (QED) is 0.400. The van der Waals surface area contributed by atoms with E-state index in [2.05, 4.69) is 32.4 Å². The highest BCUT2D eigenvalue weighted by Gasteiger charge is 2.14. The summed E-state index contributed by atoms with van der Waals surface area (Å²) in [5, 5.41) is 9.36. The Hall–Kier alpha value is -3.85. The van der Waals surface area contributed by atoms with Crippen molar-refractivity contribution < 1.29 is 9.53 Å². The Morgan fingerprint density at radius 2 is 1.74 bits per heavy atom. The lowest BCUT2D eigenvalue weighted by atomic mass is 10.1. The van der Waals surface area contributed by atoms with Crippen molar-refractivity contribution >= 4 is 40.3 Å². The lowest BCUT2D eigenvalue weighted by Crippen LogP contribution is -2.35. The van der Waals surface area contributed by atoms with Crippen LogP contribution in [0.15, 0.2) is 60.9 Å². The molecule has 9 heteroatoms. The lowest BCUT2D eigenvalue weighted by molar-refractivity contribution is -0.130. The number of hydrogen-bond acceptors (Lipinski definition) is 7. The van der Waals surface area contributed by atoms with Gasteiger partial charge < -0.3 is 15.4 Å². The molecule has 3 N–H and O–H groups in total. The summed E-state index contributed by atoms with van der Waals surface area (Å²) in [6.07, 6.45) is 5.40. The number of amides is 1. The molecule has 0 atom stereocenters. The van der Waals surface area contributed by atoms with Crippen molar-refractivity contribution in [1.29, 1.82) is 0 Å². The van der Waals surface area contributed by atoms with E-state index in [4.69, 9.17) is 10.5 Å². The fraction of sp³-hybridized carbons (Fsp3) is 0.240. The maximum Gasteiger partial charge on any atom is 0.227 e. The number of benzene rings is 2. The van der Waals surface area contributed by atoms with Crippen LogP contribution in [-0.4, -0.2) is 49.4 Å². The molecule has 0 radical (unpaired) electrons. The number of thiocarbonyl (C=S) groups is 1. The molecule has 0 unspecified atom stereocenters. The Morgan fingerprint density at radius 1 is 1.03 bits per heavy atom. The molecule has 5 rings (SSSR count). The number of carbonyl (C=O) groups is 1. The van der Waals surface area contributed by atoms with E-state index in [0.29, 0.717) is 17.9 Å². The average Bonchev–Trinajstić information content (AvgIpc) is 3.32. The molecule has 1 aliphatic heterocycles. The van der Waals surface area contributed by atoms with E-state index in [1.165, 1.54) is 18.1 Å². The molecule has 34 heavy (non-hydrogen) atoms. The van der Waals surface area contributed by atoms with Crippen molar-refractivity contribution in [2.45, 2.75) is 25.7 Å². The van der Waals surface area contributed by atoms with Crippen LogP contribution in [-0.2, 0) is 4.79 Å². The van der Waals surface area contributed by atoms with Crippen molar-refractivity contribution in [1.82, 2.24) is 25.1 Å². The number of carbonyl (C=O) groups excluding carboxylic acids is 1. The van der Waals surface area contributed by atoms with Gasteiger partial charge in [-0.3, -0.25) is 9.89 Å². The summed E-state index contributed by atoms with van der Waals surface area (Å²) in [5.74, 6) is 2.15. The number of aromatic amines is 1. The molecule has 4 aromatic rings. The van der Waals surface area contributed by atoms with Gasteiger partial charge in [0.1, 0.15) is 23.6 Å². The Morgan fingerprint density at radius 3 is 2.44 bits per heavy atom. The molecule has 8 nitrogen and oxygen atoms in total. The predicted octanol–water partition coefficient (Wildman–Crippen LogP) is 4.78. The molecule has 174 valence electrons. The number of nitrogen functional groups attached to an aromatic ring is 1. The second kappa shape index (κ2) is 11.3. The number of anilines is 1. The lowest BCUT2D eigenvalue weighted by Gasteiger charge is -2.26. The van der Waals surface area contributed by atoms with Crippen LogP contribution in [0, 0.1) is 0 Å². The molecule has 3 heterocycles. The number of ether oxygens (including phenoxy) is 1. The second-order valence-electron chi connectivity index (χ2n) is 7.81. The minimum absolute atomic E-state index is 0.194. The summed E-state index contributed by atoms with van der Waals surface area (Å²) in [6, 6.07) is 17.3. The zero-order valence-corrected chi connectivity index (χ0v) is 19.5. The number of H-pyrrole nitrogens is 1. The van der Waals surface area contributed by atoms with Crippen molar-refractivity contribution in [3.63, 3.8) is 0 Å². The molecule has 0 spiro atoms. The van der Waals surface area contributed by atoms with E-state index in [0.717, 1.165) is 54.1 Å². The van der Waals surface area contributed by atoms with E-state index in [1.54, 1.807) is 0 Å². The van der Waals surface area contributed by atoms with E-state index in [9.17, 15) is 4.79 Å². The van der Waals surface area contributed by atoms with Crippen LogP contribution in [0.1, 0.15) is 25.7 Å². The third-order valence-electron chi connectivity index (χ3n) is 5.47. The van der Waals surface area contributed by atoms with E-state index in [1.807, 2.05) is 59.5 Å². The molecule has 1 saturated heterocycles. The Kier molecular flexibility index (Phi) is 7.77. The van der Waals surface area contributed by atoms with Gasteiger partial charge in [-0.2, -0.15) is 5.10 Å². The smallest absolute Gasteiger partial charge is 0.227 e. The zero-order chi connectivity index (χ0) is 23.8. The average molecular weight is 475 g/mol. The predicted molar refractivity (Wildman–Crippen MR) is 137 cm³/mol. The van der Waals surface area contributed by atoms with Crippen LogP contribution in [0.5, 0.6) is 11.5 Å². The van der Waals surface area contributed by atoms with Crippen LogP contribution in [0.4, 0.5) is 5.82 Å². The van der Waals surface area contributed by atoms with Crippen LogP contribution in [0.3, 0.4) is 0 Å². The van der Waals surface area contributed by atoms with Crippen LogP contribution < -0.4 is 10.5 Å². The van der Waals surface area contributed by atoms with Crippen molar-refractivity contribution in [3.8, 4) is 22.8 Å². The van der Waals surface area contributed by atoms with Gasteiger partial charge in [0, 0.05) is 18.7 Å². The van der Waals surface area contributed by atoms with Gasteiger partial charge in [-0.15, -0.1) is 0 Å². The zero-order valence-electron chi connectivity index (χ0n) is 18.7. The molecule has 2 aromatic heterocycles. The van der Waals surface area contributed by atoms with Crippen LogP contribution in [0.2, 0.25) is 0 Å². The standard InChI is InChI=1S/C17H13N5O.C8H13NOS/c18-16-14-15(21-22-17(14)20-10-19-16)11-6-8-13(9-7-11)23-12-4-2-1-3-5-12;10-8(4-7-11)9-5-2-1-3-6-9/h1-10H,(H3,18,19,20,21,22);7H,1-6H2. The fourth-order valence-electron chi connectivity index (χ4n) is 3.75. The van der Waals surface area contributed by atoms with Crippen LogP contribution in [0.25, 0.3) is 22.3 Å². The first-order chi connectivity index (χ1) is 16.7. The first kappa shape index (κ1) is 23.3. The number of nitrogens with zero attached hydrogens (tertiary/aromatic N) is 4. The number of likely N-dealkylation sites (tertiary alicyclic amines) is 1. The number of rotatable bonds is 5. The minimum Gasteiger partial charge on any atom is -0.457 e. The maximum atomic E-state index is 11.2. The fourth-order valence-corrected chi connectivity index (χ4v) is 3.89. The monoisotopic (exact) mass is 474 g/mol. The first-order valence-electron chi connectivity index (χ1n) is 11.1. The number of nitrogens with one attached hydrogen (secondary N) is 1. The summed E-state index contributed by atoms with van der Waals surface area (Å²) in [7, 11) is 0. The van der Waals surface area contributed by atoms with Gasteiger partial charge in [0.05, 0.1) is 17.5 Å². The summed E-state index contributed by atoms with van der Waals surface area (Å²) in [6.45, 7) is 1.87. The maximum absolute atomic E-state index is 11.2. The highest BCUT2D eigenvalue weighted by molar-refractivity contribution is 7.79. The summed E-state index contributed by atoms with van der Waals surface area (Å²) in [4.78, 5) is 21.3. The highest BCUT2D eigenvalue weighted by Crippen LogP contribution is 2.30. The number of nitrogens with two attached hydrogens (primary N) is 1. The van der Waals surface area contributed by atoms with E-state index < -0.39 is 0 Å². The summed E-state index contributed by atoms with van der Waals surface area (Å²) >= 11 is 4.63. The van der Waals surface area contributed by atoms with Gasteiger partial charge in [0.25, 0.3) is 0 Å². The van der Waals surface area contributed by atoms with E-state index >= 15 is 0 Å². The Bertz CT molecular complexity index is 1240. The van der Waals surface area contributed by atoms with Crippen LogP contribution >= 0.6 is 12.2 Å². The molecule has 0 saturated carbocycles. The molecule has 0 aliphatic carbocycles. The Balaban J connectivity index is 0.000000210. The van der Waals surface area contributed by atoms with Crippen molar-refractivity contribution in [3.05, 3.63) is 60.9 Å². The van der Waals surface area contributed by atoms with E-state index in [-0.39, 0.29) is 5.91 Å². The second-order valence-corrected chi connectivity index (χ2v) is 8.14.